The molecule has 0 aliphatic carbocycles. The zero-order valence-electron chi connectivity index (χ0n) is 19.7. The van der Waals surface area contributed by atoms with E-state index in [2.05, 4.69) is 22.0 Å². The van der Waals surface area contributed by atoms with Gasteiger partial charge in [-0.05, 0) is 78.4 Å². The predicted molar refractivity (Wildman–Crippen MR) is 141 cm³/mol. The molecule has 1 amide bonds. The van der Waals surface area contributed by atoms with Crippen LogP contribution in [0.3, 0.4) is 0 Å². The average molecular weight is 531 g/mol. The number of ether oxygens (including phenoxy) is 2. The normalized spacial score (nSPS) is 13.7. The maximum atomic E-state index is 12.7. The van der Waals surface area contributed by atoms with Crippen LogP contribution in [0.25, 0.3) is 11.6 Å². The van der Waals surface area contributed by atoms with E-state index in [0.29, 0.717) is 29.2 Å². The number of benzene rings is 3. The molecule has 0 atom stereocenters. The monoisotopic (exact) mass is 530 g/mol. The van der Waals surface area contributed by atoms with Crippen molar-refractivity contribution in [1.82, 2.24) is 4.90 Å². The van der Waals surface area contributed by atoms with E-state index in [1.165, 1.54) is 6.42 Å². The third-order valence-electron chi connectivity index (χ3n) is 5.99. The Bertz CT molecular complexity index is 1260. The molecule has 3 aromatic rings. The number of rotatable bonds is 7. The first-order chi connectivity index (χ1) is 17.1. The first-order valence-electron chi connectivity index (χ1n) is 11.6. The molecular formula is C29H27BrN2O3. The molecule has 4 rings (SSSR count). The fourth-order valence-corrected chi connectivity index (χ4v) is 4.48. The Hall–Kier alpha value is -3.56. The van der Waals surface area contributed by atoms with Crippen LogP contribution in [0.2, 0.25) is 0 Å². The summed E-state index contributed by atoms with van der Waals surface area (Å²) >= 11 is 3.45. The molecule has 178 valence electrons. The molecule has 1 saturated heterocycles. The van der Waals surface area contributed by atoms with Gasteiger partial charge in [0.05, 0.1) is 18.8 Å². The van der Waals surface area contributed by atoms with Gasteiger partial charge in [0.25, 0.3) is 5.91 Å². The van der Waals surface area contributed by atoms with Crippen molar-refractivity contribution in [3.8, 4) is 17.6 Å². The maximum Gasteiger partial charge on any atom is 0.253 e. The Morgan fingerprint density at radius 1 is 1.00 bits per heavy atom. The average Bonchev–Trinajstić information content (AvgIpc) is 2.91. The summed E-state index contributed by atoms with van der Waals surface area (Å²) < 4.78 is 12.5. The molecule has 35 heavy (non-hydrogen) atoms. The number of likely N-dealkylation sites (tertiary alicyclic amines) is 1. The maximum absolute atomic E-state index is 12.7. The molecule has 5 nitrogen and oxygen atoms in total. The Balaban J connectivity index is 1.43. The van der Waals surface area contributed by atoms with Gasteiger partial charge in [0.1, 0.15) is 6.61 Å². The summed E-state index contributed by atoms with van der Waals surface area (Å²) in [6.45, 7) is 2.03. The van der Waals surface area contributed by atoms with Gasteiger partial charge in [0.15, 0.2) is 11.5 Å². The number of carbonyl (C=O) groups is 1. The smallest absolute Gasteiger partial charge is 0.253 e. The van der Waals surface area contributed by atoms with Crippen LogP contribution in [0.15, 0.2) is 71.2 Å². The van der Waals surface area contributed by atoms with Crippen molar-refractivity contribution < 1.29 is 14.3 Å². The van der Waals surface area contributed by atoms with Gasteiger partial charge in [-0.1, -0.05) is 46.3 Å². The summed E-state index contributed by atoms with van der Waals surface area (Å²) in [6, 6.07) is 23.1. The van der Waals surface area contributed by atoms with Gasteiger partial charge < -0.3 is 14.4 Å². The summed E-state index contributed by atoms with van der Waals surface area (Å²) in [4.78, 5) is 14.6. The van der Waals surface area contributed by atoms with E-state index in [4.69, 9.17) is 9.47 Å². The molecule has 0 spiro atoms. The minimum Gasteiger partial charge on any atom is -0.493 e. The van der Waals surface area contributed by atoms with Crippen LogP contribution < -0.4 is 9.47 Å². The van der Waals surface area contributed by atoms with Crippen LogP contribution in [-0.2, 0) is 6.61 Å². The second-order valence-corrected chi connectivity index (χ2v) is 9.34. The number of hydrogen-bond acceptors (Lipinski definition) is 4. The highest BCUT2D eigenvalue weighted by Crippen LogP contribution is 2.31. The molecule has 0 N–H and O–H groups in total. The number of amides is 1. The highest BCUT2D eigenvalue weighted by Gasteiger charge is 2.18. The number of methoxy groups -OCH3 is 1. The van der Waals surface area contributed by atoms with Crippen molar-refractivity contribution in [1.29, 1.82) is 5.26 Å². The van der Waals surface area contributed by atoms with Crippen LogP contribution in [0.1, 0.15) is 46.3 Å². The van der Waals surface area contributed by atoms with Crippen LogP contribution in [0.5, 0.6) is 11.5 Å². The number of nitriles is 1. The molecule has 1 heterocycles. The third kappa shape index (κ3) is 6.32. The van der Waals surface area contributed by atoms with Gasteiger partial charge in [-0.15, -0.1) is 0 Å². The number of allylic oxidation sites excluding steroid dienone is 1. The lowest BCUT2D eigenvalue weighted by molar-refractivity contribution is 0.0724. The highest BCUT2D eigenvalue weighted by molar-refractivity contribution is 9.10. The summed E-state index contributed by atoms with van der Waals surface area (Å²) in [5, 5.41) is 9.64. The van der Waals surface area contributed by atoms with Gasteiger partial charge in [0, 0.05) is 23.1 Å². The van der Waals surface area contributed by atoms with E-state index in [1.807, 2.05) is 77.7 Å². The number of hydrogen-bond donors (Lipinski definition) is 0. The first kappa shape index (κ1) is 24.6. The lowest BCUT2D eigenvalue weighted by Gasteiger charge is -2.26. The fourth-order valence-electron chi connectivity index (χ4n) is 4.08. The lowest BCUT2D eigenvalue weighted by Crippen LogP contribution is -2.35. The minimum absolute atomic E-state index is 0.0991. The van der Waals surface area contributed by atoms with Crippen LogP contribution >= 0.6 is 15.9 Å². The molecule has 1 fully saturated rings. The lowest BCUT2D eigenvalue weighted by atomic mass is 10.0. The van der Waals surface area contributed by atoms with E-state index in [0.717, 1.165) is 47.1 Å². The Morgan fingerprint density at radius 3 is 2.46 bits per heavy atom. The second-order valence-electron chi connectivity index (χ2n) is 8.43. The number of carbonyl (C=O) groups excluding carboxylic acids is 1. The van der Waals surface area contributed by atoms with Crippen LogP contribution in [0, 0.1) is 11.3 Å². The van der Waals surface area contributed by atoms with Crippen molar-refractivity contribution in [2.75, 3.05) is 20.2 Å². The van der Waals surface area contributed by atoms with Gasteiger partial charge in [-0.2, -0.15) is 5.26 Å². The van der Waals surface area contributed by atoms with Crippen molar-refractivity contribution in [2.24, 2.45) is 0 Å². The second kappa shape index (κ2) is 11.7. The van der Waals surface area contributed by atoms with Crippen molar-refractivity contribution in [3.05, 3.63) is 93.5 Å². The molecule has 3 aromatic carbocycles. The zero-order valence-corrected chi connectivity index (χ0v) is 21.3. The van der Waals surface area contributed by atoms with E-state index < -0.39 is 0 Å². The summed E-state index contributed by atoms with van der Waals surface area (Å²) in [5.74, 6) is 1.29. The summed E-state index contributed by atoms with van der Waals surface area (Å²) in [7, 11) is 1.59. The summed E-state index contributed by atoms with van der Waals surface area (Å²) in [5.41, 5.74) is 3.91. The topological polar surface area (TPSA) is 62.6 Å². The Labute approximate surface area is 214 Å². The SMILES string of the molecule is COc1cc(/C=C(/C#N)c2cccc(Br)c2)ccc1OCc1ccc(C(=O)N2CCCCC2)cc1. The number of piperidine rings is 1. The molecule has 1 aliphatic heterocycles. The van der Waals surface area contributed by atoms with E-state index in [1.54, 1.807) is 7.11 Å². The van der Waals surface area contributed by atoms with E-state index >= 15 is 0 Å². The fraction of sp³-hybridized carbons (Fsp3) is 0.241. The standard InChI is InChI=1S/C29H27BrN2O3/c1-34-28-17-22(16-25(19-31)24-6-5-7-26(30)18-24)10-13-27(28)35-20-21-8-11-23(12-9-21)29(33)32-14-3-2-4-15-32/h5-13,16-18H,2-4,14-15,20H2,1H3/b25-16-. The molecule has 0 radical (unpaired) electrons. The zero-order chi connectivity index (χ0) is 24.6. The van der Waals surface area contributed by atoms with Crippen LogP contribution in [0.4, 0.5) is 0 Å². The highest BCUT2D eigenvalue weighted by atomic mass is 79.9. The van der Waals surface area contributed by atoms with Gasteiger partial charge in [-0.25, -0.2) is 0 Å². The van der Waals surface area contributed by atoms with Crippen LogP contribution in [-0.4, -0.2) is 31.0 Å². The molecule has 6 heteroatoms. The molecule has 1 aliphatic rings. The first-order valence-corrected chi connectivity index (χ1v) is 12.4. The molecule has 0 bridgehead atoms. The van der Waals surface area contributed by atoms with Gasteiger partial charge >= 0.3 is 0 Å². The molecule has 0 aromatic heterocycles. The van der Waals surface area contributed by atoms with Gasteiger partial charge in [-0.3, -0.25) is 4.79 Å². The minimum atomic E-state index is 0.0991. The van der Waals surface area contributed by atoms with E-state index in [-0.39, 0.29) is 5.91 Å². The van der Waals surface area contributed by atoms with Crippen molar-refractivity contribution in [3.63, 3.8) is 0 Å². The Morgan fingerprint density at radius 2 is 1.77 bits per heavy atom. The largest absolute Gasteiger partial charge is 0.493 e. The van der Waals surface area contributed by atoms with Gasteiger partial charge in [0.2, 0.25) is 0 Å². The van der Waals surface area contributed by atoms with E-state index in [9.17, 15) is 10.1 Å². The third-order valence-corrected chi connectivity index (χ3v) is 6.49. The summed E-state index contributed by atoms with van der Waals surface area (Å²) in [6.07, 6.45) is 5.18. The molecule has 0 unspecified atom stereocenters. The number of halogens is 1. The van der Waals surface area contributed by atoms with Crippen molar-refractivity contribution >= 4 is 33.5 Å². The molecule has 0 saturated carbocycles. The predicted octanol–water partition coefficient (Wildman–Crippen LogP) is 6.73. The quantitative estimate of drug-likeness (QED) is 0.251. The Kier molecular flexibility index (Phi) is 8.23. The number of nitrogens with zero attached hydrogens (tertiary/aromatic N) is 2. The molecular weight excluding hydrogens is 504 g/mol. The van der Waals surface area contributed by atoms with Crippen molar-refractivity contribution in [2.45, 2.75) is 25.9 Å².